The third kappa shape index (κ3) is 1.67. The van der Waals surface area contributed by atoms with Crippen LogP contribution in [0.1, 0.15) is 36.5 Å². The zero-order valence-electron chi connectivity index (χ0n) is 8.33. The van der Waals surface area contributed by atoms with Crippen LogP contribution in [0.25, 0.3) is 0 Å². The molecule has 1 atom stereocenters. The van der Waals surface area contributed by atoms with E-state index < -0.39 is 6.10 Å². The molecule has 1 nitrogen and oxygen atoms in total. The number of aliphatic hydroxyl groups is 1. The van der Waals surface area contributed by atoms with E-state index in [2.05, 4.69) is 0 Å². The predicted octanol–water partition coefficient (Wildman–Crippen LogP) is 2.97. The van der Waals surface area contributed by atoms with E-state index in [1.54, 1.807) is 6.07 Å². The lowest BCUT2D eigenvalue weighted by Crippen LogP contribution is -2.20. The van der Waals surface area contributed by atoms with Crippen LogP contribution in [0.5, 0.6) is 0 Å². The van der Waals surface area contributed by atoms with E-state index in [0.29, 0.717) is 5.92 Å². The first-order valence-corrected chi connectivity index (χ1v) is 5.12. The molecule has 0 aliphatic heterocycles. The summed E-state index contributed by atoms with van der Waals surface area (Å²) in [5.74, 6) is 0.159. The fourth-order valence-corrected chi connectivity index (χ4v) is 1.98. The fourth-order valence-electron chi connectivity index (χ4n) is 1.98. The van der Waals surface area contributed by atoms with Gasteiger partial charge in [-0.15, -0.1) is 0 Å². The lowest BCUT2D eigenvalue weighted by atomic mass is 9.78. The topological polar surface area (TPSA) is 20.2 Å². The van der Waals surface area contributed by atoms with Crippen LogP contribution in [-0.2, 0) is 0 Å². The third-order valence-electron chi connectivity index (χ3n) is 3.15. The maximum atomic E-state index is 12.8. The number of hydrogen-bond donors (Lipinski definition) is 1. The van der Waals surface area contributed by atoms with Crippen molar-refractivity contribution in [3.8, 4) is 0 Å². The van der Waals surface area contributed by atoms with Crippen molar-refractivity contribution in [1.29, 1.82) is 0 Å². The molecule has 2 heteroatoms. The largest absolute Gasteiger partial charge is 0.388 e. The number of aryl methyl sites for hydroxylation is 1. The third-order valence-corrected chi connectivity index (χ3v) is 3.15. The number of benzene rings is 1. The van der Waals surface area contributed by atoms with Crippen molar-refractivity contribution in [1.82, 2.24) is 0 Å². The van der Waals surface area contributed by atoms with Gasteiger partial charge in [-0.05, 0) is 48.9 Å². The second-order valence-corrected chi connectivity index (χ2v) is 4.14. The van der Waals surface area contributed by atoms with Crippen LogP contribution < -0.4 is 0 Å². The summed E-state index contributed by atoms with van der Waals surface area (Å²) < 4.78 is 12.8. The van der Waals surface area contributed by atoms with Crippen molar-refractivity contribution >= 4 is 0 Å². The van der Waals surface area contributed by atoms with Gasteiger partial charge in [-0.2, -0.15) is 0 Å². The average Bonchev–Trinajstić information content (AvgIpc) is 2.00. The van der Waals surface area contributed by atoms with Crippen molar-refractivity contribution in [2.75, 3.05) is 0 Å². The summed E-state index contributed by atoms with van der Waals surface area (Å²) in [5.41, 5.74) is 1.74. The Labute approximate surface area is 83.6 Å². The molecule has 0 radical (unpaired) electrons. The highest BCUT2D eigenvalue weighted by Crippen LogP contribution is 2.38. The Kier molecular flexibility index (Phi) is 2.55. The summed E-state index contributed by atoms with van der Waals surface area (Å²) in [6, 6.07) is 4.61. The second-order valence-electron chi connectivity index (χ2n) is 4.14. The molecule has 0 spiro atoms. The molecule has 76 valence electrons. The Morgan fingerprint density at radius 3 is 2.64 bits per heavy atom. The maximum Gasteiger partial charge on any atom is 0.123 e. The van der Waals surface area contributed by atoms with Gasteiger partial charge in [0.05, 0.1) is 6.10 Å². The minimum atomic E-state index is -0.399. The van der Waals surface area contributed by atoms with Crippen molar-refractivity contribution in [3.63, 3.8) is 0 Å². The molecule has 1 saturated carbocycles. The standard InChI is InChI=1S/C12H15FO/c1-8-7-10(13)5-6-11(8)12(14)9-3-2-4-9/h5-7,9,12,14H,2-4H2,1H3. The average molecular weight is 194 g/mol. The highest BCUT2D eigenvalue weighted by Gasteiger charge is 2.27. The lowest BCUT2D eigenvalue weighted by molar-refractivity contribution is 0.0615. The number of halogens is 1. The molecular formula is C12H15FO. The predicted molar refractivity (Wildman–Crippen MR) is 53.4 cm³/mol. The monoisotopic (exact) mass is 194 g/mol. The van der Waals surface area contributed by atoms with Gasteiger partial charge >= 0.3 is 0 Å². The Bertz CT molecular complexity index is 331. The summed E-state index contributed by atoms with van der Waals surface area (Å²) in [7, 11) is 0. The molecule has 0 bridgehead atoms. The maximum absolute atomic E-state index is 12.8. The molecule has 1 aliphatic rings. The van der Waals surface area contributed by atoms with Gasteiger partial charge in [-0.1, -0.05) is 12.5 Å². The molecule has 2 rings (SSSR count). The quantitative estimate of drug-likeness (QED) is 0.767. The summed E-state index contributed by atoms with van der Waals surface area (Å²) >= 11 is 0. The molecule has 1 aliphatic carbocycles. The van der Waals surface area contributed by atoms with Crippen LogP contribution in [0.3, 0.4) is 0 Å². The molecule has 0 heterocycles. The van der Waals surface area contributed by atoms with E-state index in [4.69, 9.17) is 0 Å². The van der Waals surface area contributed by atoms with E-state index in [-0.39, 0.29) is 5.82 Å². The van der Waals surface area contributed by atoms with Gasteiger partial charge in [0.1, 0.15) is 5.82 Å². The second kappa shape index (κ2) is 3.70. The zero-order chi connectivity index (χ0) is 10.1. The van der Waals surface area contributed by atoms with Crippen LogP contribution in [0, 0.1) is 18.7 Å². The first-order chi connectivity index (χ1) is 6.68. The molecule has 1 aromatic carbocycles. The SMILES string of the molecule is Cc1cc(F)ccc1C(O)C1CCC1. The number of hydrogen-bond acceptors (Lipinski definition) is 1. The van der Waals surface area contributed by atoms with Crippen molar-refractivity contribution in [2.45, 2.75) is 32.3 Å². The molecule has 14 heavy (non-hydrogen) atoms. The molecule has 1 fully saturated rings. The number of aliphatic hydroxyl groups excluding tert-OH is 1. The molecule has 0 saturated heterocycles. The van der Waals surface area contributed by atoms with Crippen LogP contribution in [-0.4, -0.2) is 5.11 Å². The number of rotatable bonds is 2. The molecule has 1 aromatic rings. The van der Waals surface area contributed by atoms with E-state index in [1.165, 1.54) is 18.6 Å². The summed E-state index contributed by atoms with van der Waals surface area (Å²) in [5, 5.41) is 9.99. The molecular weight excluding hydrogens is 179 g/mol. The minimum Gasteiger partial charge on any atom is -0.388 e. The highest BCUT2D eigenvalue weighted by molar-refractivity contribution is 5.29. The van der Waals surface area contributed by atoms with E-state index in [0.717, 1.165) is 24.0 Å². The van der Waals surface area contributed by atoms with E-state index in [9.17, 15) is 9.50 Å². The summed E-state index contributed by atoms with van der Waals surface area (Å²) in [6.45, 7) is 1.85. The zero-order valence-corrected chi connectivity index (χ0v) is 8.33. The van der Waals surface area contributed by atoms with Gasteiger partial charge in [0, 0.05) is 0 Å². The van der Waals surface area contributed by atoms with Crippen LogP contribution >= 0.6 is 0 Å². The summed E-state index contributed by atoms with van der Waals surface area (Å²) in [6.07, 6.45) is 3.00. The Morgan fingerprint density at radius 1 is 1.43 bits per heavy atom. The van der Waals surface area contributed by atoms with Crippen LogP contribution in [0.2, 0.25) is 0 Å². The van der Waals surface area contributed by atoms with Crippen molar-refractivity contribution in [2.24, 2.45) is 5.92 Å². The minimum absolute atomic E-state index is 0.230. The lowest BCUT2D eigenvalue weighted by Gasteiger charge is -2.31. The normalized spacial score (nSPS) is 19.1. The van der Waals surface area contributed by atoms with Gasteiger partial charge in [-0.25, -0.2) is 4.39 Å². The van der Waals surface area contributed by atoms with Gasteiger partial charge in [-0.3, -0.25) is 0 Å². The van der Waals surface area contributed by atoms with Crippen molar-refractivity contribution < 1.29 is 9.50 Å². The van der Waals surface area contributed by atoms with E-state index >= 15 is 0 Å². The van der Waals surface area contributed by atoms with Gasteiger partial charge in [0.15, 0.2) is 0 Å². The van der Waals surface area contributed by atoms with Gasteiger partial charge < -0.3 is 5.11 Å². The van der Waals surface area contributed by atoms with Crippen LogP contribution in [0.4, 0.5) is 4.39 Å². The molecule has 1 N–H and O–H groups in total. The van der Waals surface area contributed by atoms with Crippen LogP contribution in [0.15, 0.2) is 18.2 Å². The van der Waals surface area contributed by atoms with Crippen molar-refractivity contribution in [3.05, 3.63) is 35.1 Å². The highest BCUT2D eigenvalue weighted by atomic mass is 19.1. The molecule has 1 unspecified atom stereocenters. The van der Waals surface area contributed by atoms with E-state index in [1.807, 2.05) is 6.92 Å². The van der Waals surface area contributed by atoms with Gasteiger partial charge in [0.2, 0.25) is 0 Å². The first-order valence-electron chi connectivity index (χ1n) is 5.12. The molecule has 0 aromatic heterocycles. The smallest absolute Gasteiger partial charge is 0.123 e. The molecule has 0 amide bonds. The Balaban J connectivity index is 2.22. The Morgan fingerprint density at radius 2 is 2.14 bits per heavy atom. The fraction of sp³-hybridized carbons (Fsp3) is 0.500. The summed E-state index contributed by atoms with van der Waals surface area (Å²) in [4.78, 5) is 0. The Hall–Kier alpha value is -0.890. The van der Waals surface area contributed by atoms with Gasteiger partial charge in [0.25, 0.3) is 0 Å². The first kappa shape index (κ1) is 9.66.